The summed E-state index contributed by atoms with van der Waals surface area (Å²) >= 11 is 0. The van der Waals surface area contributed by atoms with Crippen molar-refractivity contribution in [1.29, 1.82) is 0 Å². The van der Waals surface area contributed by atoms with E-state index in [1.165, 1.54) is 0 Å². The van der Waals surface area contributed by atoms with Crippen LogP contribution >= 0.6 is 0 Å². The monoisotopic (exact) mass is 264 g/mol. The minimum Gasteiger partial charge on any atom is -0.464 e. The van der Waals surface area contributed by atoms with Gasteiger partial charge in [-0.05, 0) is 36.4 Å². The number of hydrogen-bond donors (Lipinski definition) is 1. The fourth-order valence-electron chi connectivity index (χ4n) is 1.85. The van der Waals surface area contributed by atoms with Crippen LogP contribution in [0.2, 0.25) is 0 Å². The molecule has 4 nitrogen and oxygen atoms in total. The van der Waals surface area contributed by atoms with Gasteiger partial charge in [-0.2, -0.15) is 0 Å². The van der Waals surface area contributed by atoms with E-state index in [0.29, 0.717) is 11.4 Å². The summed E-state index contributed by atoms with van der Waals surface area (Å²) in [6, 6.07) is 16.3. The molecular formula is C16H12N2O2. The fourth-order valence-corrected chi connectivity index (χ4v) is 1.85. The molecule has 0 aliphatic heterocycles. The zero-order chi connectivity index (χ0) is 13.8. The SMILES string of the molecule is O=C(Nc1ccccn1)c1ccc(-c2ccco2)cc1. The molecule has 3 rings (SSSR count). The van der Waals surface area contributed by atoms with Gasteiger partial charge in [0.2, 0.25) is 0 Å². The Morgan fingerprint density at radius 1 is 1.00 bits per heavy atom. The van der Waals surface area contributed by atoms with Crippen LogP contribution < -0.4 is 5.32 Å². The van der Waals surface area contributed by atoms with Crippen LogP contribution in [0.3, 0.4) is 0 Å². The van der Waals surface area contributed by atoms with Crippen LogP contribution in [0.25, 0.3) is 11.3 Å². The highest BCUT2D eigenvalue weighted by atomic mass is 16.3. The highest BCUT2D eigenvalue weighted by molar-refractivity contribution is 6.03. The van der Waals surface area contributed by atoms with E-state index in [1.54, 1.807) is 36.7 Å². The first kappa shape index (κ1) is 12.2. The second kappa shape index (κ2) is 5.40. The number of nitrogens with zero attached hydrogens (tertiary/aromatic N) is 1. The van der Waals surface area contributed by atoms with Gasteiger partial charge in [0.05, 0.1) is 6.26 Å². The molecule has 0 bridgehead atoms. The Labute approximate surface area is 116 Å². The molecule has 1 N–H and O–H groups in total. The fraction of sp³-hybridized carbons (Fsp3) is 0. The van der Waals surface area contributed by atoms with Gasteiger partial charge < -0.3 is 9.73 Å². The predicted octanol–water partition coefficient (Wildman–Crippen LogP) is 3.59. The van der Waals surface area contributed by atoms with Gasteiger partial charge in [0.1, 0.15) is 11.6 Å². The van der Waals surface area contributed by atoms with Gasteiger partial charge in [0.25, 0.3) is 5.91 Å². The van der Waals surface area contributed by atoms with E-state index in [4.69, 9.17) is 4.42 Å². The van der Waals surface area contributed by atoms with Crippen LogP contribution in [0.15, 0.2) is 71.5 Å². The highest BCUT2D eigenvalue weighted by Crippen LogP contribution is 2.20. The van der Waals surface area contributed by atoms with Gasteiger partial charge in [-0.3, -0.25) is 4.79 Å². The van der Waals surface area contributed by atoms with Crippen molar-refractivity contribution in [3.8, 4) is 11.3 Å². The van der Waals surface area contributed by atoms with E-state index < -0.39 is 0 Å². The summed E-state index contributed by atoms with van der Waals surface area (Å²) in [6.07, 6.45) is 3.26. The summed E-state index contributed by atoms with van der Waals surface area (Å²) in [7, 11) is 0. The van der Waals surface area contributed by atoms with Crippen LogP contribution in [0, 0.1) is 0 Å². The topological polar surface area (TPSA) is 55.1 Å². The summed E-state index contributed by atoms with van der Waals surface area (Å²) in [6.45, 7) is 0. The molecule has 0 saturated carbocycles. The van der Waals surface area contributed by atoms with Crippen molar-refractivity contribution in [1.82, 2.24) is 4.98 Å². The lowest BCUT2D eigenvalue weighted by Gasteiger charge is -2.04. The number of anilines is 1. The molecule has 98 valence electrons. The third-order valence-electron chi connectivity index (χ3n) is 2.86. The second-order valence-corrected chi connectivity index (χ2v) is 4.22. The number of amides is 1. The third-order valence-corrected chi connectivity index (χ3v) is 2.86. The van der Waals surface area contributed by atoms with Crippen LogP contribution in [0.1, 0.15) is 10.4 Å². The first-order valence-electron chi connectivity index (χ1n) is 6.19. The number of furan rings is 1. The minimum absolute atomic E-state index is 0.185. The Morgan fingerprint density at radius 3 is 2.50 bits per heavy atom. The molecule has 2 aromatic heterocycles. The van der Waals surface area contributed by atoms with E-state index in [-0.39, 0.29) is 5.91 Å². The normalized spacial score (nSPS) is 10.2. The molecule has 0 aliphatic rings. The minimum atomic E-state index is -0.185. The number of rotatable bonds is 3. The molecule has 20 heavy (non-hydrogen) atoms. The second-order valence-electron chi connectivity index (χ2n) is 4.22. The lowest BCUT2D eigenvalue weighted by Crippen LogP contribution is -2.12. The van der Waals surface area contributed by atoms with Gasteiger partial charge in [-0.15, -0.1) is 0 Å². The largest absolute Gasteiger partial charge is 0.464 e. The molecule has 0 fully saturated rings. The number of pyridine rings is 1. The van der Waals surface area contributed by atoms with E-state index in [0.717, 1.165) is 11.3 Å². The molecule has 4 heteroatoms. The quantitative estimate of drug-likeness (QED) is 0.786. The van der Waals surface area contributed by atoms with Crippen molar-refractivity contribution >= 4 is 11.7 Å². The van der Waals surface area contributed by atoms with Gasteiger partial charge in [0, 0.05) is 17.3 Å². The average Bonchev–Trinajstić information content (AvgIpc) is 3.03. The zero-order valence-corrected chi connectivity index (χ0v) is 10.6. The Balaban J connectivity index is 1.76. The maximum atomic E-state index is 12.0. The van der Waals surface area contributed by atoms with Crippen LogP contribution in [0.5, 0.6) is 0 Å². The maximum Gasteiger partial charge on any atom is 0.256 e. The smallest absolute Gasteiger partial charge is 0.256 e. The molecule has 3 aromatic rings. The first-order chi connectivity index (χ1) is 9.83. The summed E-state index contributed by atoms with van der Waals surface area (Å²) in [5.41, 5.74) is 1.51. The van der Waals surface area contributed by atoms with E-state index in [2.05, 4.69) is 10.3 Å². The van der Waals surface area contributed by atoms with Crippen molar-refractivity contribution in [2.45, 2.75) is 0 Å². The van der Waals surface area contributed by atoms with Crippen LogP contribution in [-0.2, 0) is 0 Å². The Morgan fingerprint density at radius 2 is 1.85 bits per heavy atom. The van der Waals surface area contributed by atoms with E-state index in [9.17, 15) is 4.79 Å². The molecule has 0 saturated heterocycles. The molecule has 0 radical (unpaired) electrons. The lowest BCUT2D eigenvalue weighted by atomic mass is 10.1. The van der Waals surface area contributed by atoms with E-state index in [1.807, 2.05) is 30.3 Å². The van der Waals surface area contributed by atoms with E-state index >= 15 is 0 Å². The Bertz CT molecular complexity index is 689. The van der Waals surface area contributed by atoms with Crippen LogP contribution in [0.4, 0.5) is 5.82 Å². The van der Waals surface area contributed by atoms with Crippen molar-refractivity contribution < 1.29 is 9.21 Å². The summed E-state index contributed by atoms with van der Waals surface area (Å²) < 4.78 is 5.30. The number of nitrogens with one attached hydrogen (secondary N) is 1. The molecule has 0 atom stereocenters. The molecule has 0 spiro atoms. The standard InChI is InChI=1S/C16H12N2O2/c19-16(18-15-5-1-2-10-17-15)13-8-6-12(7-9-13)14-4-3-11-20-14/h1-11H,(H,17,18,19). The Kier molecular flexibility index (Phi) is 3.29. The molecule has 1 amide bonds. The average molecular weight is 264 g/mol. The predicted molar refractivity (Wildman–Crippen MR) is 76.3 cm³/mol. The molecule has 1 aromatic carbocycles. The first-order valence-corrected chi connectivity index (χ1v) is 6.19. The van der Waals surface area contributed by atoms with Gasteiger partial charge in [0.15, 0.2) is 0 Å². The van der Waals surface area contributed by atoms with Gasteiger partial charge in [-0.1, -0.05) is 18.2 Å². The van der Waals surface area contributed by atoms with Crippen molar-refractivity contribution in [3.05, 3.63) is 72.6 Å². The number of carbonyl (C=O) groups excluding carboxylic acids is 1. The summed E-state index contributed by atoms with van der Waals surface area (Å²) in [4.78, 5) is 16.1. The summed E-state index contributed by atoms with van der Waals surface area (Å²) in [5, 5.41) is 2.74. The molecular weight excluding hydrogens is 252 g/mol. The Hall–Kier alpha value is -2.88. The number of aromatic nitrogens is 1. The summed E-state index contributed by atoms with van der Waals surface area (Å²) in [5.74, 6) is 1.13. The molecule has 0 unspecified atom stereocenters. The third kappa shape index (κ3) is 2.59. The number of benzene rings is 1. The van der Waals surface area contributed by atoms with Crippen molar-refractivity contribution in [2.75, 3.05) is 5.32 Å². The van der Waals surface area contributed by atoms with Crippen molar-refractivity contribution in [3.63, 3.8) is 0 Å². The molecule has 0 aliphatic carbocycles. The van der Waals surface area contributed by atoms with Crippen LogP contribution in [-0.4, -0.2) is 10.9 Å². The molecule has 2 heterocycles. The number of carbonyl (C=O) groups is 1. The zero-order valence-electron chi connectivity index (χ0n) is 10.6. The van der Waals surface area contributed by atoms with Crippen molar-refractivity contribution in [2.24, 2.45) is 0 Å². The lowest BCUT2D eigenvalue weighted by molar-refractivity contribution is 0.102. The maximum absolute atomic E-state index is 12.0. The van der Waals surface area contributed by atoms with Gasteiger partial charge >= 0.3 is 0 Å². The highest BCUT2D eigenvalue weighted by Gasteiger charge is 2.07. The van der Waals surface area contributed by atoms with Gasteiger partial charge in [-0.25, -0.2) is 4.98 Å². The number of hydrogen-bond acceptors (Lipinski definition) is 3.